The van der Waals surface area contributed by atoms with E-state index in [9.17, 15) is 0 Å². The quantitative estimate of drug-likeness (QED) is 0.414. The Kier molecular flexibility index (Phi) is 5.87. The monoisotopic (exact) mass is 440 g/mol. The Hall–Kier alpha value is -2.68. The molecule has 1 aromatic carbocycles. The van der Waals surface area contributed by atoms with E-state index in [0.717, 1.165) is 48.0 Å². The summed E-state index contributed by atoms with van der Waals surface area (Å²) in [6, 6.07) is 5.70. The number of hydrogen-bond donors (Lipinski definition) is 3. The molecule has 1 fully saturated rings. The van der Waals surface area contributed by atoms with E-state index in [1.54, 1.807) is 26.2 Å². The summed E-state index contributed by atoms with van der Waals surface area (Å²) in [4.78, 5) is 4.73. The van der Waals surface area contributed by atoms with E-state index in [1.807, 2.05) is 26.0 Å². The van der Waals surface area contributed by atoms with Crippen LogP contribution in [0.1, 0.15) is 44.7 Å². The van der Waals surface area contributed by atoms with Gasteiger partial charge in [-0.05, 0) is 45.6 Å². The number of halogens is 1. The van der Waals surface area contributed by atoms with E-state index in [0.29, 0.717) is 34.9 Å². The maximum atomic E-state index is 15.9. The summed E-state index contributed by atoms with van der Waals surface area (Å²) in [5, 5.41) is 2.26. The molecule has 1 saturated heterocycles. The van der Waals surface area contributed by atoms with Gasteiger partial charge in [0, 0.05) is 60.8 Å². The molecular weight excluding hydrogens is 407 g/mol. The molecule has 0 amide bonds. The second-order valence-corrected chi connectivity index (χ2v) is 9.45. The number of aromatic nitrogens is 2. The molecule has 8 heteroatoms. The molecule has 3 heterocycles. The lowest BCUT2D eigenvalue weighted by Crippen LogP contribution is -2.30. The fraction of sp³-hybridized carbons (Fsp3) is 0.458. The van der Waals surface area contributed by atoms with E-state index < -0.39 is 5.54 Å². The van der Waals surface area contributed by atoms with Crippen molar-refractivity contribution in [3.63, 3.8) is 0 Å². The predicted octanol–water partition coefficient (Wildman–Crippen LogP) is 3.40. The van der Waals surface area contributed by atoms with E-state index in [-0.39, 0.29) is 5.82 Å². The van der Waals surface area contributed by atoms with Gasteiger partial charge in [0.25, 0.3) is 0 Å². The highest BCUT2D eigenvalue weighted by atomic mass is 19.1. The molecule has 1 aliphatic rings. The van der Waals surface area contributed by atoms with Crippen LogP contribution in [0.2, 0.25) is 0 Å². The highest BCUT2D eigenvalue weighted by Crippen LogP contribution is 2.36. The molecule has 0 saturated carbocycles. The normalized spacial score (nSPS) is 16.6. The van der Waals surface area contributed by atoms with Gasteiger partial charge >= 0.3 is 0 Å². The highest BCUT2D eigenvalue weighted by molar-refractivity contribution is 6.06. The second kappa shape index (κ2) is 8.35. The van der Waals surface area contributed by atoms with Crippen LogP contribution in [0.15, 0.2) is 30.1 Å². The topological polar surface area (TPSA) is 108 Å². The lowest BCUT2D eigenvalue weighted by atomic mass is 9.94. The number of nitrogens with two attached hydrogens (primary N) is 3. The van der Waals surface area contributed by atoms with Crippen molar-refractivity contribution in [2.45, 2.75) is 45.7 Å². The van der Waals surface area contributed by atoms with Crippen molar-refractivity contribution in [2.24, 2.45) is 23.2 Å². The fourth-order valence-corrected chi connectivity index (χ4v) is 4.72. The van der Waals surface area contributed by atoms with Crippen molar-refractivity contribution in [3.05, 3.63) is 47.0 Å². The third kappa shape index (κ3) is 3.94. The molecule has 1 aliphatic heterocycles. The summed E-state index contributed by atoms with van der Waals surface area (Å²) >= 11 is 0. The maximum Gasteiger partial charge on any atom is 0.152 e. The van der Waals surface area contributed by atoms with Gasteiger partial charge in [-0.1, -0.05) is 12.1 Å². The van der Waals surface area contributed by atoms with Gasteiger partial charge < -0.3 is 25.8 Å². The van der Waals surface area contributed by atoms with E-state index in [4.69, 9.17) is 27.0 Å². The van der Waals surface area contributed by atoms with Crippen molar-refractivity contribution >= 4 is 27.6 Å². The number of rotatable bonds is 5. The fourth-order valence-electron chi connectivity index (χ4n) is 4.72. The molecule has 0 radical (unpaired) electrons. The Bertz CT molecular complexity index is 1180. The third-order valence-electron chi connectivity index (χ3n) is 6.28. The number of allylic oxidation sites excluding steroid dienone is 1. The molecule has 4 rings (SSSR count). The summed E-state index contributed by atoms with van der Waals surface area (Å²) < 4.78 is 23.5. The molecule has 2 aromatic heterocycles. The molecule has 32 heavy (non-hydrogen) atoms. The van der Waals surface area contributed by atoms with Gasteiger partial charge in [-0.3, -0.25) is 4.98 Å². The minimum atomic E-state index is -0.800. The molecule has 0 unspecified atom stereocenters. The Morgan fingerprint density at radius 1 is 1.31 bits per heavy atom. The van der Waals surface area contributed by atoms with Crippen LogP contribution >= 0.6 is 0 Å². The average molecular weight is 441 g/mol. The first-order valence-corrected chi connectivity index (χ1v) is 11.0. The standard InChI is InChI=1S/C24H33FN6O/c1-14(26)22(30(4)28)16-11-19-21(29-12-16)17-5-6-18(24(2,3)27)20(25)23(17)31(19)13-15-7-9-32-10-8-15/h5-6,11-12,15H,7-10,13,26-28H2,1-4H3/b22-14-. The third-order valence-corrected chi connectivity index (χ3v) is 6.28. The number of benzene rings is 1. The summed E-state index contributed by atoms with van der Waals surface area (Å²) in [6.07, 6.45) is 3.63. The van der Waals surface area contributed by atoms with Crippen LogP contribution in [0.5, 0.6) is 0 Å². The van der Waals surface area contributed by atoms with Gasteiger partial charge in [0.05, 0.1) is 22.2 Å². The van der Waals surface area contributed by atoms with Gasteiger partial charge in [-0.2, -0.15) is 0 Å². The predicted molar refractivity (Wildman–Crippen MR) is 127 cm³/mol. The van der Waals surface area contributed by atoms with Gasteiger partial charge in [0.1, 0.15) is 0 Å². The molecule has 3 aromatic rings. The number of hydrogen-bond acceptors (Lipinski definition) is 6. The molecule has 172 valence electrons. The Labute approximate surface area is 188 Å². The lowest BCUT2D eigenvalue weighted by Gasteiger charge is -2.24. The van der Waals surface area contributed by atoms with Crippen molar-refractivity contribution < 1.29 is 9.13 Å². The Morgan fingerprint density at radius 3 is 2.59 bits per heavy atom. The SMILES string of the molecule is C/C(N)=C(\c1cnc2c3ccc(C(C)(C)N)c(F)c3n(CC3CCOCC3)c2c1)N(C)N. The molecule has 7 nitrogen and oxygen atoms in total. The highest BCUT2D eigenvalue weighted by Gasteiger charge is 2.26. The van der Waals surface area contributed by atoms with Crippen LogP contribution in [0.3, 0.4) is 0 Å². The van der Waals surface area contributed by atoms with Gasteiger partial charge in [-0.25, -0.2) is 10.2 Å². The van der Waals surface area contributed by atoms with Gasteiger partial charge in [0.15, 0.2) is 5.82 Å². The van der Waals surface area contributed by atoms with Crippen LogP contribution in [0.4, 0.5) is 4.39 Å². The molecule has 0 atom stereocenters. The number of nitrogens with zero attached hydrogens (tertiary/aromatic N) is 3. The van der Waals surface area contributed by atoms with Crippen LogP contribution < -0.4 is 17.3 Å². The maximum absolute atomic E-state index is 15.9. The van der Waals surface area contributed by atoms with Gasteiger partial charge in [-0.15, -0.1) is 0 Å². The van der Waals surface area contributed by atoms with Gasteiger partial charge in [0.2, 0.25) is 0 Å². The van der Waals surface area contributed by atoms with Crippen molar-refractivity contribution in [2.75, 3.05) is 20.3 Å². The van der Waals surface area contributed by atoms with Crippen molar-refractivity contribution in [1.82, 2.24) is 14.6 Å². The molecule has 0 aliphatic carbocycles. The summed E-state index contributed by atoms with van der Waals surface area (Å²) in [7, 11) is 1.74. The molecule has 6 N–H and O–H groups in total. The molecule has 0 bridgehead atoms. The van der Waals surface area contributed by atoms with Crippen molar-refractivity contribution in [1.29, 1.82) is 0 Å². The first-order chi connectivity index (χ1) is 15.1. The summed E-state index contributed by atoms with van der Waals surface area (Å²) in [5.74, 6) is 6.14. The number of ether oxygens (including phenoxy) is 1. The Morgan fingerprint density at radius 2 is 2.00 bits per heavy atom. The Balaban J connectivity index is 2.01. The lowest BCUT2D eigenvalue weighted by molar-refractivity contribution is 0.0619. The van der Waals surface area contributed by atoms with E-state index in [2.05, 4.69) is 4.57 Å². The zero-order chi connectivity index (χ0) is 23.2. The average Bonchev–Trinajstić information content (AvgIpc) is 3.01. The molecule has 0 spiro atoms. The smallest absolute Gasteiger partial charge is 0.152 e. The number of pyridine rings is 1. The summed E-state index contributed by atoms with van der Waals surface area (Å²) in [5.41, 5.74) is 16.3. The number of fused-ring (bicyclic) bond motifs is 3. The first-order valence-electron chi connectivity index (χ1n) is 11.0. The number of hydrazine groups is 1. The van der Waals surface area contributed by atoms with Crippen LogP contribution in [-0.2, 0) is 16.8 Å². The minimum Gasteiger partial charge on any atom is -0.401 e. The van der Waals surface area contributed by atoms with Crippen molar-refractivity contribution in [3.8, 4) is 0 Å². The summed E-state index contributed by atoms with van der Waals surface area (Å²) in [6.45, 7) is 7.57. The van der Waals surface area contributed by atoms with E-state index in [1.165, 1.54) is 5.01 Å². The van der Waals surface area contributed by atoms with E-state index >= 15 is 4.39 Å². The largest absolute Gasteiger partial charge is 0.401 e. The molecular formula is C24H33FN6O. The van der Waals surface area contributed by atoms with Crippen LogP contribution in [-0.4, -0.2) is 34.8 Å². The minimum absolute atomic E-state index is 0.289. The van der Waals surface area contributed by atoms with Crippen LogP contribution in [0.25, 0.3) is 27.6 Å². The zero-order valence-corrected chi connectivity index (χ0v) is 19.3. The van der Waals surface area contributed by atoms with Crippen LogP contribution in [0, 0.1) is 11.7 Å². The first kappa shape index (κ1) is 22.5. The second-order valence-electron chi connectivity index (χ2n) is 9.45. The zero-order valence-electron chi connectivity index (χ0n) is 19.3.